The minimum absolute atomic E-state index is 0.409. The van der Waals surface area contributed by atoms with Crippen molar-refractivity contribution in [3.8, 4) is 6.01 Å². The summed E-state index contributed by atoms with van der Waals surface area (Å²) in [5, 5.41) is 2.96. The number of nitrogens with zero attached hydrogens (tertiary/aromatic N) is 4. The van der Waals surface area contributed by atoms with E-state index in [0.717, 1.165) is 25.4 Å². The number of anilines is 2. The predicted molar refractivity (Wildman–Crippen MR) is 75.2 cm³/mol. The Morgan fingerprint density at radius 3 is 2.75 bits per heavy atom. The molecule has 2 aliphatic rings. The zero-order valence-electron chi connectivity index (χ0n) is 11.8. The van der Waals surface area contributed by atoms with Crippen molar-refractivity contribution in [2.75, 3.05) is 50.2 Å². The molecule has 1 aromatic heterocycles. The Bertz CT molecular complexity index is 446. The maximum atomic E-state index is 5.67. The molecule has 1 saturated heterocycles. The summed E-state index contributed by atoms with van der Waals surface area (Å²) >= 11 is 0. The largest absolute Gasteiger partial charge is 0.463 e. The molecule has 0 spiro atoms. The van der Waals surface area contributed by atoms with Crippen molar-refractivity contribution in [1.82, 2.24) is 15.0 Å². The summed E-state index contributed by atoms with van der Waals surface area (Å²) in [5.41, 5.74) is 0. The van der Waals surface area contributed by atoms with E-state index in [0.29, 0.717) is 37.7 Å². The van der Waals surface area contributed by atoms with Gasteiger partial charge in [0.25, 0.3) is 0 Å². The molecule has 1 N–H and O–H groups in total. The average molecular weight is 279 g/mol. The molecule has 2 fully saturated rings. The van der Waals surface area contributed by atoms with Gasteiger partial charge < -0.3 is 19.7 Å². The lowest BCUT2D eigenvalue weighted by atomic mass is 10.3. The predicted octanol–water partition coefficient (Wildman–Crippen LogP) is 0.929. The summed E-state index contributed by atoms with van der Waals surface area (Å²) in [4.78, 5) is 15.1. The molecule has 2 heterocycles. The fourth-order valence-electron chi connectivity index (χ4n) is 2.15. The number of ether oxygens (including phenoxy) is 2. The zero-order valence-corrected chi connectivity index (χ0v) is 11.8. The van der Waals surface area contributed by atoms with Gasteiger partial charge in [-0.3, -0.25) is 0 Å². The Morgan fingerprint density at radius 1 is 1.25 bits per heavy atom. The molecule has 0 radical (unpaired) electrons. The fraction of sp³-hybridized carbons (Fsp3) is 0.769. The molecule has 0 atom stereocenters. The van der Waals surface area contributed by atoms with Gasteiger partial charge in [0.05, 0.1) is 19.8 Å². The second kappa shape index (κ2) is 6.21. The lowest BCUT2D eigenvalue weighted by molar-refractivity contribution is 0.122. The number of nitrogens with one attached hydrogen (secondary N) is 1. The lowest BCUT2D eigenvalue weighted by Gasteiger charge is -2.26. The van der Waals surface area contributed by atoms with Crippen molar-refractivity contribution in [3.63, 3.8) is 0 Å². The maximum Gasteiger partial charge on any atom is 0.323 e. The Kier molecular flexibility index (Phi) is 4.15. The third-order valence-electron chi connectivity index (χ3n) is 3.57. The molecule has 1 aliphatic carbocycles. The average Bonchev–Trinajstić information content (AvgIpc) is 3.32. The van der Waals surface area contributed by atoms with E-state index in [1.54, 1.807) is 7.05 Å². The van der Waals surface area contributed by atoms with Gasteiger partial charge in [-0.15, -0.1) is 0 Å². The summed E-state index contributed by atoms with van der Waals surface area (Å²) < 4.78 is 11.0. The van der Waals surface area contributed by atoms with Gasteiger partial charge in [0.2, 0.25) is 11.9 Å². The first-order valence-corrected chi connectivity index (χ1v) is 7.24. The first kappa shape index (κ1) is 13.4. The second-order valence-corrected chi connectivity index (χ2v) is 5.17. The highest BCUT2D eigenvalue weighted by Crippen LogP contribution is 2.32. The van der Waals surface area contributed by atoms with Crippen LogP contribution in [0.1, 0.15) is 19.3 Å². The van der Waals surface area contributed by atoms with Gasteiger partial charge >= 0.3 is 6.01 Å². The Labute approximate surface area is 118 Å². The van der Waals surface area contributed by atoms with Gasteiger partial charge in [-0.2, -0.15) is 15.0 Å². The maximum absolute atomic E-state index is 5.67. The van der Waals surface area contributed by atoms with Crippen LogP contribution in [-0.2, 0) is 4.74 Å². The Balaban J connectivity index is 1.67. The minimum Gasteiger partial charge on any atom is -0.463 e. The summed E-state index contributed by atoms with van der Waals surface area (Å²) in [6.45, 7) is 3.70. The van der Waals surface area contributed by atoms with Crippen molar-refractivity contribution in [2.24, 2.45) is 5.92 Å². The molecule has 7 nitrogen and oxygen atoms in total. The van der Waals surface area contributed by atoms with Crippen molar-refractivity contribution in [2.45, 2.75) is 19.3 Å². The van der Waals surface area contributed by atoms with E-state index in [9.17, 15) is 0 Å². The van der Waals surface area contributed by atoms with E-state index in [1.165, 1.54) is 12.8 Å². The van der Waals surface area contributed by atoms with Crippen LogP contribution in [0.2, 0.25) is 0 Å². The van der Waals surface area contributed by atoms with Crippen LogP contribution in [0.3, 0.4) is 0 Å². The molecule has 0 bridgehead atoms. The minimum atomic E-state index is 0.409. The molecule has 1 saturated carbocycles. The molecule has 0 aromatic carbocycles. The van der Waals surface area contributed by atoms with Crippen LogP contribution in [0.4, 0.5) is 11.9 Å². The molecule has 7 heteroatoms. The number of hydrogen-bond donors (Lipinski definition) is 1. The molecule has 0 unspecified atom stereocenters. The van der Waals surface area contributed by atoms with Crippen LogP contribution in [0.5, 0.6) is 6.01 Å². The van der Waals surface area contributed by atoms with Gasteiger partial charge in [-0.1, -0.05) is 12.8 Å². The van der Waals surface area contributed by atoms with Gasteiger partial charge in [-0.05, 0) is 12.3 Å². The first-order valence-electron chi connectivity index (χ1n) is 7.24. The first-order chi connectivity index (χ1) is 9.85. The third-order valence-corrected chi connectivity index (χ3v) is 3.57. The smallest absolute Gasteiger partial charge is 0.323 e. The van der Waals surface area contributed by atoms with Gasteiger partial charge in [-0.25, -0.2) is 0 Å². The lowest BCUT2D eigenvalue weighted by Crippen LogP contribution is -2.37. The van der Waals surface area contributed by atoms with Crippen LogP contribution in [0.25, 0.3) is 0 Å². The summed E-state index contributed by atoms with van der Waals surface area (Å²) in [6, 6.07) is 0.409. The molecule has 20 heavy (non-hydrogen) atoms. The normalized spacial score (nSPS) is 18.9. The van der Waals surface area contributed by atoms with Crippen LogP contribution in [-0.4, -0.2) is 54.9 Å². The SMILES string of the molecule is CNc1nc(OCCC2CC2)nc(N2CCOCC2)n1. The molecule has 0 amide bonds. The number of aromatic nitrogens is 3. The number of hydrogen-bond acceptors (Lipinski definition) is 7. The van der Waals surface area contributed by atoms with Crippen molar-refractivity contribution < 1.29 is 9.47 Å². The summed E-state index contributed by atoms with van der Waals surface area (Å²) in [6.07, 6.45) is 3.76. The van der Waals surface area contributed by atoms with Gasteiger partial charge in [0.15, 0.2) is 0 Å². The molecule has 3 rings (SSSR count). The summed E-state index contributed by atoms with van der Waals surface area (Å²) in [5.74, 6) is 2.05. The van der Waals surface area contributed by atoms with E-state index < -0.39 is 0 Å². The van der Waals surface area contributed by atoms with E-state index in [4.69, 9.17) is 9.47 Å². The quantitative estimate of drug-likeness (QED) is 0.830. The highest BCUT2D eigenvalue weighted by molar-refractivity contribution is 5.38. The summed E-state index contributed by atoms with van der Waals surface area (Å²) in [7, 11) is 1.80. The fourth-order valence-corrected chi connectivity index (χ4v) is 2.15. The highest BCUT2D eigenvalue weighted by Gasteiger charge is 2.21. The molecule has 1 aromatic rings. The molecular weight excluding hydrogens is 258 g/mol. The van der Waals surface area contributed by atoms with Gasteiger partial charge in [0.1, 0.15) is 0 Å². The standard InChI is InChI=1S/C13H21N5O2/c1-14-11-15-12(18-5-8-19-9-6-18)17-13(16-11)20-7-4-10-2-3-10/h10H,2-9H2,1H3,(H,14,15,16,17). The van der Waals surface area contributed by atoms with Crippen LogP contribution in [0, 0.1) is 5.92 Å². The molecular formula is C13H21N5O2. The van der Waals surface area contributed by atoms with E-state index in [1.807, 2.05) is 0 Å². The van der Waals surface area contributed by atoms with E-state index in [2.05, 4.69) is 25.2 Å². The van der Waals surface area contributed by atoms with Crippen molar-refractivity contribution in [1.29, 1.82) is 0 Å². The van der Waals surface area contributed by atoms with Crippen molar-refractivity contribution >= 4 is 11.9 Å². The zero-order chi connectivity index (χ0) is 13.8. The Morgan fingerprint density at radius 2 is 2.05 bits per heavy atom. The highest BCUT2D eigenvalue weighted by atomic mass is 16.5. The van der Waals surface area contributed by atoms with Crippen molar-refractivity contribution in [3.05, 3.63) is 0 Å². The van der Waals surface area contributed by atoms with E-state index in [-0.39, 0.29) is 0 Å². The molecule has 1 aliphatic heterocycles. The second-order valence-electron chi connectivity index (χ2n) is 5.17. The Hall–Kier alpha value is -1.63. The monoisotopic (exact) mass is 279 g/mol. The van der Waals surface area contributed by atoms with Crippen LogP contribution < -0.4 is 15.0 Å². The third kappa shape index (κ3) is 3.47. The van der Waals surface area contributed by atoms with Crippen LogP contribution >= 0.6 is 0 Å². The van der Waals surface area contributed by atoms with E-state index >= 15 is 0 Å². The van der Waals surface area contributed by atoms with Crippen LogP contribution in [0.15, 0.2) is 0 Å². The number of morpholine rings is 1. The van der Waals surface area contributed by atoms with Gasteiger partial charge in [0, 0.05) is 20.1 Å². The topological polar surface area (TPSA) is 72.4 Å². The molecule has 110 valence electrons. The number of rotatable bonds is 6.